The molecule has 2 fully saturated rings. The standard InChI is InChI=1S/C24H34BrN3O2/c1-30-16-15-28(18-20-5-4-12-26-11-3-2-6-22(20)26)24(29)10-14-27-13-9-19-7-8-21(25)17-23(19)27/h7-9,13,17,20,22H,2-6,10-12,14-16,18H2,1H3/t20-,22+/m0/s1. The lowest BCUT2D eigenvalue weighted by Crippen LogP contribution is -2.52. The van der Waals surface area contributed by atoms with E-state index in [1.165, 1.54) is 56.1 Å². The predicted molar refractivity (Wildman–Crippen MR) is 125 cm³/mol. The van der Waals surface area contributed by atoms with Crippen LogP contribution in [0.5, 0.6) is 0 Å². The molecule has 2 atom stereocenters. The van der Waals surface area contributed by atoms with E-state index in [9.17, 15) is 4.79 Å². The Labute approximate surface area is 188 Å². The van der Waals surface area contributed by atoms with Gasteiger partial charge >= 0.3 is 0 Å². The highest BCUT2D eigenvalue weighted by atomic mass is 79.9. The summed E-state index contributed by atoms with van der Waals surface area (Å²) >= 11 is 3.56. The molecule has 164 valence electrons. The van der Waals surface area contributed by atoms with Crippen molar-refractivity contribution in [3.05, 3.63) is 34.9 Å². The normalized spacial score (nSPS) is 22.2. The average molecular weight is 476 g/mol. The summed E-state index contributed by atoms with van der Waals surface area (Å²) in [5.41, 5.74) is 1.17. The van der Waals surface area contributed by atoms with Gasteiger partial charge in [-0.1, -0.05) is 28.4 Å². The van der Waals surface area contributed by atoms with Crippen LogP contribution in [0.3, 0.4) is 0 Å². The molecular weight excluding hydrogens is 442 g/mol. The molecule has 30 heavy (non-hydrogen) atoms. The van der Waals surface area contributed by atoms with Crippen molar-refractivity contribution in [3.63, 3.8) is 0 Å². The molecule has 1 aromatic heterocycles. The zero-order chi connectivity index (χ0) is 20.9. The lowest BCUT2D eigenvalue weighted by molar-refractivity contribution is -0.133. The van der Waals surface area contributed by atoms with Gasteiger partial charge in [-0.15, -0.1) is 0 Å². The Kier molecular flexibility index (Phi) is 7.50. The molecule has 0 spiro atoms. The van der Waals surface area contributed by atoms with Gasteiger partial charge in [0.15, 0.2) is 0 Å². The fourth-order valence-electron chi connectivity index (χ4n) is 5.32. The number of ether oxygens (including phenoxy) is 1. The van der Waals surface area contributed by atoms with Crippen LogP contribution in [-0.2, 0) is 16.1 Å². The topological polar surface area (TPSA) is 37.7 Å². The number of hydrogen-bond acceptors (Lipinski definition) is 3. The fourth-order valence-corrected chi connectivity index (χ4v) is 5.67. The highest BCUT2D eigenvalue weighted by Gasteiger charge is 2.34. The van der Waals surface area contributed by atoms with Crippen LogP contribution < -0.4 is 0 Å². The lowest BCUT2D eigenvalue weighted by atomic mass is 9.83. The molecule has 4 rings (SSSR count). The number of carbonyl (C=O) groups is 1. The van der Waals surface area contributed by atoms with E-state index in [2.05, 4.69) is 60.8 Å². The van der Waals surface area contributed by atoms with E-state index in [4.69, 9.17) is 4.74 Å². The van der Waals surface area contributed by atoms with Crippen LogP contribution in [0.2, 0.25) is 0 Å². The Morgan fingerprint density at radius 1 is 1.20 bits per heavy atom. The molecule has 2 aliphatic heterocycles. The van der Waals surface area contributed by atoms with E-state index in [0.29, 0.717) is 38.1 Å². The number of halogens is 1. The molecule has 2 saturated heterocycles. The molecule has 0 bridgehead atoms. The largest absolute Gasteiger partial charge is 0.383 e. The van der Waals surface area contributed by atoms with Gasteiger partial charge in [0.05, 0.1) is 6.61 Å². The van der Waals surface area contributed by atoms with Gasteiger partial charge in [0, 0.05) is 55.4 Å². The van der Waals surface area contributed by atoms with E-state index < -0.39 is 0 Å². The summed E-state index contributed by atoms with van der Waals surface area (Å²) in [6.45, 7) is 5.36. The number of benzene rings is 1. The second-order valence-corrected chi connectivity index (χ2v) is 9.71. The molecule has 0 radical (unpaired) electrons. The maximum absolute atomic E-state index is 13.2. The molecule has 1 aromatic carbocycles. The zero-order valence-corrected chi connectivity index (χ0v) is 19.6. The second kappa shape index (κ2) is 10.3. The van der Waals surface area contributed by atoms with Gasteiger partial charge in [0.1, 0.15) is 0 Å². The summed E-state index contributed by atoms with van der Waals surface area (Å²) in [4.78, 5) is 18.0. The Morgan fingerprint density at radius 2 is 2.07 bits per heavy atom. The molecule has 6 heteroatoms. The Hall–Kier alpha value is -1.37. The van der Waals surface area contributed by atoms with Crippen molar-refractivity contribution in [3.8, 4) is 0 Å². The number of aromatic nitrogens is 1. The van der Waals surface area contributed by atoms with Gasteiger partial charge in [-0.3, -0.25) is 4.79 Å². The minimum absolute atomic E-state index is 0.247. The van der Waals surface area contributed by atoms with Crippen LogP contribution in [0.25, 0.3) is 10.9 Å². The minimum Gasteiger partial charge on any atom is -0.383 e. The summed E-state index contributed by atoms with van der Waals surface area (Å²) in [6.07, 6.45) is 9.08. The van der Waals surface area contributed by atoms with Crippen molar-refractivity contribution in [2.45, 2.75) is 51.1 Å². The maximum Gasteiger partial charge on any atom is 0.224 e. The molecule has 0 N–H and O–H groups in total. The molecule has 5 nitrogen and oxygen atoms in total. The van der Waals surface area contributed by atoms with E-state index in [0.717, 1.165) is 11.0 Å². The van der Waals surface area contributed by atoms with E-state index in [1.807, 2.05) is 0 Å². The van der Waals surface area contributed by atoms with Gasteiger partial charge in [0.25, 0.3) is 0 Å². The number of amides is 1. The molecule has 3 heterocycles. The molecular formula is C24H34BrN3O2. The molecule has 2 aliphatic rings. The first-order chi connectivity index (χ1) is 14.7. The number of fused-ring (bicyclic) bond motifs is 2. The third kappa shape index (κ3) is 5.09. The first-order valence-electron chi connectivity index (χ1n) is 11.4. The van der Waals surface area contributed by atoms with Crippen LogP contribution in [0.1, 0.15) is 38.5 Å². The Balaban J connectivity index is 1.40. The predicted octanol–water partition coefficient (Wildman–Crippen LogP) is 4.53. The fraction of sp³-hybridized carbons (Fsp3) is 0.625. The number of hydrogen-bond donors (Lipinski definition) is 0. The number of methoxy groups -OCH3 is 1. The van der Waals surface area contributed by atoms with Crippen molar-refractivity contribution in [2.75, 3.05) is 39.9 Å². The first kappa shape index (κ1) is 21.8. The monoisotopic (exact) mass is 475 g/mol. The van der Waals surface area contributed by atoms with E-state index >= 15 is 0 Å². The van der Waals surface area contributed by atoms with Gasteiger partial charge in [0.2, 0.25) is 5.91 Å². The van der Waals surface area contributed by atoms with Crippen molar-refractivity contribution in [1.29, 1.82) is 0 Å². The minimum atomic E-state index is 0.247. The van der Waals surface area contributed by atoms with E-state index in [-0.39, 0.29) is 5.91 Å². The molecule has 0 saturated carbocycles. The number of carbonyl (C=O) groups excluding carboxylic acids is 1. The van der Waals surface area contributed by atoms with Crippen LogP contribution in [0.15, 0.2) is 34.9 Å². The van der Waals surface area contributed by atoms with Crippen molar-refractivity contribution in [2.24, 2.45) is 5.92 Å². The zero-order valence-electron chi connectivity index (χ0n) is 18.1. The summed E-state index contributed by atoms with van der Waals surface area (Å²) in [6, 6.07) is 9.08. The SMILES string of the molecule is COCCN(C[C@@H]1CCCN2CCCC[C@H]12)C(=O)CCn1ccc2ccc(Br)cc21. The van der Waals surface area contributed by atoms with Crippen LogP contribution in [0.4, 0.5) is 0 Å². The maximum atomic E-state index is 13.2. The van der Waals surface area contributed by atoms with Crippen molar-refractivity contribution in [1.82, 2.24) is 14.4 Å². The van der Waals surface area contributed by atoms with Crippen molar-refractivity contribution >= 4 is 32.7 Å². The summed E-state index contributed by atoms with van der Waals surface area (Å²) in [7, 11) is 1.72. The van der Waals surface area contributed by atoms with Gasteiger partial charge < -0.3 is 19.1 Å². The summed E-state index contributed by atoms with van der Waals surface area (Å²) < 4.78 is 8.58. The summed E-state index contributed by atoms with van der Waals surface area (Å²) in [5.74, 6) is 0.847. The number of aryl methyl sites for hydroxylation is 1. The van der Waals surface area contributed by atoms with E-state index in [1.54, 1.807) is 7.11 Å². The van der Waals surface area contributed by atoms with Gasteiger partial charge in [-0.2, -0.15) is 0 Å². The highest BCUT2D eigenvalue weighted by Crippen LogP contribution is 2.31. The van der Waals surface area contributed by atoms with Crippen molar-refractivity contribution < 1.29 is 9.53 Å². The van der Waals surface area contributed by atoms with Gasteiger partial charge in [-0.05, 0) is 68.3 Å². The highest BCUT2D eigenvalue weighted by molar-refractivity contribution is 9.10. The Morgan fingerprint density at radius 3 is 2.93 bits per heavy atom. The first-order valence-corrected chi connectivity index (χ1v) is 12.2. The van der Waals surface area contributed by atoms with Crippen LogP contribution in [-0.4, -0.2) is 66.2 Å². The average Bonchev–Trinajstić information content (AvgIpc) is 3.17. The molecule has 1 amide bonds. The summed E-state index contributed by atoms with van der Waals surface area (Å²) in [5, 5.41) is 1.21. The third-order valence-corrected chi connectivity index (χ3v) is 7.40. The second-order valence-electron chi connectivity index (χ2n) is 8.80. The van der Waals surface area contributed by atoms with Gasteiger partial charge in [-0.25, -0.2) is 0 Å². The lowest BCUT2D eigenvalue weighted by Gasteiger charge is -2.45. The van der Waals surface area contributed by atoms with Crippen LogP contribution >= 0.6 is 15.9 Å². The molecule has 0 unspecified atom stereocenters. The van der Waals surface area contributed by atoms with Crippen LogP contribution in [0, 0.1) is 5.92 Å². The molecule has 0 aliphatic carbocycles. The quantitative estimate of drug-likeness (QED) is 0.562. The number of nitrogens with zero attached hydrogens (tertiary/aromatic N) is 3. The smallest absolute Gasteiger partial charge is 0.224 e. The third-order valence-electron chi connectivity index (χ3n) is 6.90. The number of rotatable bonds is 8. The number of piperidine rings is 2. The molecule has 2 aromatic rings. The Bertz CT molecular complexity index is 850.